The minimum absolute atomic E-state index is 0.357. The lowest BCUT2D eigenvalue weighted by molar-refractivity contribution is 0.533. The van der Waals surface area contributed by atoms with Crippen LogP contribution in [0.25, 0.3) is 0 Å². The van der Waals surface area contributed by atoms with Gasteiger partial charge in [0, 0.05) is 16.7 Å². The lowest BCUT2D eigenvalue weighted by Crippen LogP contribution is -2.34. The second-order valence-corrected chi connectivity index (χ2v) is 5.80. The van der Waals surface area contributed by atoms with Crippen LogP contribution < -0.4 is 5.32 Å². The number of benzene rings is 1. The fourth-order valence-electron chi connectivity index (χ4n) is 1.75. The largest absolute Gasteiger partial charge is 0.313 e. The number of rotatable bonds is 7. The van der Waals surface area contributed by atoms with Crippen molar-refractivity contribution in [2.75, 3.05) is 12.3 Å². The lowest BCUT2D eigenvalue weighted by atomic mass is 10.2. The predicted molar refractivity (Wildman–Crippen MR) is 74.8 cm³/mol. The molecule has 0 heterocycles. The summed E-state index contributed by atoms with van der Waals surface area (Å²) < 4.78 is 12.3. The molecule has 0 aliphatic rings. The first-order valence-electron chi connectivity index (χ1n) is 6.36. The summed E-state index contributed by atoms with van der Waals surface area (Å²) in [5, 5.41) is 3.45. The van der Waals surface area contributed by atoms with Crippen LogP contribution in [0.2, 0.25) is 0 Å². The molecule has 2 nitrogen and oxygen atoms in total. The first-order chi connectivity index (χ1) is 8.19. The monoisotopic (exact) mass is 253 g/mol. The molecule has 17 heavy (non-hydrogen) atoms. The summed E-state index contributed by atoms with van der Waals surface area (Å²) in [5.41, 5.74) is 1.12. The van der Waals surface area contributed by atoms with E-state index in [9.17, 15) is 4.21 Å². The van der Waals surface area contributed by atoms with Gasteiger partial charge in [-0.15, -0.1) is 0 Å². The average Bonchev–Trinajstić information content (AvgIpc) is 2.34. The Bertz CT molecular complexity index is 365. The van der Waals surface area contributed by atoms with Crippen LogP contribution >= 0.6 is 0 Å². The fourth-order valence-corrected chi connectivity index (χ4v) is 3.31. The Labute approximate surface area is 107 Å². The van der Waals surface area contributed by atoms with Crippen molar-refractivity contribution in [1.29, 1.82) is 0 Å². The molecular weight excluding hydrogens is 230 g/mol. The molecule has 1 aromatic carbocycles. The van der Waals surface area contributed by atoms with Gasteiger partial charge in [0.2, 0.25) is 0 Å². The van der Waals surface area contributed by atoms with Crippen LogP contribution in [-0.4, -0.2) is 22.5 Å². The summed E-state index contributed by atoms with van der Waals surface area (Å²) in [7, 11) is -0.891. The molecule has 1 rings (SSSR count). The zero-order valence-corrected chi connectivity index (χ0v) is 11.8. The van der Waals surface area contributed by atoms with E-state index in [1.807, 2.05) is 31.2 Å². The van der Waals surface area contributed by atoms with Crippen LogP contribution in [0.15, 0.2) is 29.2 Å². The summed E-state index contributed by atoms with van der Waals surface area (Å²) in [6, 6.07) is 8.30. The number of hydrogen-bond acceptors (Lipinski definition) is 2. The van der Waals surface area contributed by atoms with E-state index >= 15 is 0 Å². The molecule has 0 fully saturated rings. The van der Waals surface area contributed by atoms with E-state index in [2.05, 4.69) is 19.2 Å². The molecular formula is C14H23NOS. The summed E-state index contributed by atoms with van der Waals surface area (Å²) in [4.78, 5) is 0.976. The van der Waals surface area contributed by atoms with Gasteiger partial charge in [-0.3, -0.25) is 4.21 Å². The Morgan fingerprint density at radius 1 is 1.29 bits per heavy atom. The minimum atomic E-state index is -0.891. The molecule has 0 radical (unpaired) electrons. The predicted octanol–water partition coefficient (Wildman–Crippen LogP) is 2.88. The molecule has 0 saturated heterocycles. The zero-order chi connectivity index (χ0) is 12.7. The third-order valence-electron chi connectivity index (χ3n) is 2.87. The van der Waals surface area contributed by atoms with E-state index in [1.54, 1.807) is 0 Å². The molecule has 0 aromatic heterocycles. The van der Waals surface area contributed by atoms with Gasteiger partial charge in [-0.05, 0) is 37.9 Å². The van der Waals surface area contributed by atoms with E-state index < -0.39 is 10.8 Å². The molecule has 96 valence electrons. The van der Waals surface area contributed by atoms with Crippen molar-refractivity contribution in [2.45, 2.75) is 44.6 Å². The smallest absolute Gasteiger partial charge is 0.0547 e. The molecule has 0 aliphatic heterocycles. The highest BCUT2D eigenvalue weighted by Crippen LogP contribution is 2.13. The third kappa shape index (κ3) is 4.60. The minimum Gasteiger partial charge on any atom is -0.313 e. The third-order valence-corrected chi connectivity index (χ3v) is 4.52. The maximum absolute atomic E-state index is 12.3. The highest BCUT2D eigenvalue weighted by atomic mass is 32.2. The van der Waals surface area contributed by atoms with Crippen molar-refractivity contribution in [3.8, 4) is 0 Å². The van der Waals surface area contributed by atoms with Crippen molar-refractivity contribution in [3.63, 3.8) is 0 Å². The molecule has 0 amide bonds. The number of aryl methyl sites for hydroxylation is 1. The van der Waals surface area contributed by atoms with E-state index in [0.29, 0.717) is 11.8 Å². The van der Waals surface area contributed by atoms with E-state index in [0.717, 1.165) is 29.8 Å². The van der Waals surface area contributed by atoms with Crippen molar-refractivity contribution < 1.29 is 4.21 Å². The van der Waals surface area contributed by atoms with E-state index in [4.69, 9.17) is 0 Å². The first-order valence-corrected chi connectivity index (χ1v) is 7.68. The van der Waals surface area contributed by atoms with Gasteiger partial charge >= 0.3 is 0 Å². The first kappa shape index (κ1) is 14.4. The molecule has 3 heteroatoms. The normalized spacial score (nSPS) is 14.5. The van der Waals surface area contributed by atoms with Gasteiger partial charge < -0.3 is 5.32 Å². The molecule has 1 aromatic rings. The van der Waals surface area contributed by atoms with Gasteiger partial charge in [-0.1, -0.05) is 32.0 Å². The molecule has 1 N–H and O–H groups in total. The van der Waals surface area contributed by atoms with Crippen LogP contribution in [0.5, 0.6) is 0 Å². The van der Waals surface area contributed by atoms with Gasteiger partial charge in [0.25, 0.3) is 0 Å². The summed E-state index contributed by atoms with van der Waals surface area (Å²) in [6.45, 7) is 7.32. The Kier molecular flexibility index (Phi) is 6.45. The maximum atomic E-state index is 12.3. The second-order valence-electron chi connectivity index (χ2n) is 4.34. The fraction of sp³-hybridized carbons (Fsp3) is 0.571. The van der Waals surface area contributed by atoms with Gasteiger partial charge in [0.1, 0.15) is 0 Å². The molecule has 0 aliphatic carbocycles. The SMILES string of the molecule is CCCNC(CC)CS(=O)c1ccccc1C. The Hall–Kier alpha value is -0.670. The van der Waals surface area contributed by atoms with Crippen molar-refractivity contribution >= 4 is 10.8 Å². The summed E-state index contributed by atoms with van der Waals surface area (Å²) >= 11 is 0. The van der Waals surface area contributed by atoms with Crippen molar-refractivity contribution in [3.05, 3.63) is 29.8 Å². The van der Waals surface area contributed by atoms with Crippen LogP contribution in [0.3, 0.4) is 0 Å². The zero-order valence-electron chi connectivity index (χ0n) is 11.0. The number of nitrogens with one attached hydrogen (secondary N) is 1. The van der Waals surface area contributed by atoms with Crippen LogP contribution in [0, 0.1) is 6.92 Å². The Morgan fingerprint density at radius 3 is 2.59 bits per heavy atom. The van der Waals surface area contributed by atoms with Crippen molar-refractivity contribution in [1.82, 2.24) is 5.32 Å². The molecule has 0 bridgehead atoms. The average molecular weight is 253 g/mol. The number of hydrogen-bond donors (Lipinski definition) is 1. The van der Waals surface area contributed by atoms with Crippen LogP contribution in [0.4, 0.5) is 0 Å². The Morgan fingerprint density at radius 2 is 2.00 bits per heavy atom. The molecule has 0 saturated carbocycles. The van der Waals surface area contributed by atoms with Gasteiger partial charge in [-0.2, -0.15) is 0 Å². The highest BCUT2D eigenvalue weighted by Gasteiger charge is 2.12. The molecule has 2 atom stereocenters. The summed E-state index contributed by atoms with van der Waals surface area (Å²) in [5.74, 6) is 0.710. The van der Waals surface area contributed by atoms with E-state index in [-0.39, 0.29) is 0 Å². The lowest BCUT2D eigenvalue weighted by Gasteiger charge is -2.16. The standard InChI is InChI=1S/C14H23NOS/c1-4-10-15-13(5-2)11-17(16)14-9-7-6-8-12(14)3/h6-9,13,15H,4-5,10-11H2,1-3H3. The van der Waals surface area contributed by atoms with Gasteiger partial charge in [0.05, 0.1) is 10.8 Å². The second kappa shape index (κ2) is 7.62. The molecule has 2 unspecified atom stereocenters. The topological polar surface area (TPSA) is 29.1 Å². The molecule has 0 spiro atoms. The Balaban J connectivity index is 2.61. The maximum Gasteiger partial charge on any atom is 0.0547 e. The van der Waals surface area contributed by atoms with Crippen LogP contribution in [0.1, 0.15) is 32.3 Å². The van der Waals surface area contributed by atoms with Crippen molar-refractivity contribution in [2.24, 2.45) is 0 Å². The summed E-state index contributed by atoms with van der Waals surface area (Å²) in [6.07, 6.45) is 2.14. The van der Waals surface area contributed by atoms with Crippen LogP contribution in [-0.2, 0) is 10.8 Å². The quantitative estimate of drug-likeness (QED) is 0.809. The van der Waals surface area contributed by atoms with E-state index in [1.165, 1.54) is 0 Å². The van der Waals surface area contributed by atoms with Gasteiger partial charge in [0.15, 0.2) is 0 Å². The van der Waals surface area contributed by atoms with Gasteiger partial charge in [-0.25, -0.2) is 0 Å². The highest BCUT2D eigenvalue weighted by molar-refractivity contribution is 7.85.